The molecule has 1 heterocycles. The van der Waals surface area contributed by atoms with Crippen LogP contribution in [0.25, 0.3) is 0 Å². The van der Waals surface area contributed by atoms with E-state index in [2.05, 4.69) is 4.74 Å². The van der Waals surface area contributed by atoms with Gasteiger partial charge in [0.15, 0.2) is 0 Å². The molecule has 0 aromatic carbocycles. The van der Waals surface area contributed by atoms with E-state index in [-0.39, 0.29) is 12.8 Å². The van der Waals surface area contributed by atoms with Crippen molar-refractivity contribution >= 4 is 18.2 Å². The average Bonchev–Trinajstić information content (AvgIpc) is 2.46. The maximum Gasteiger partial charge on any atom is 0.334 e. The number of hydrogen-bond acceptors (Lipinski definition) is 5. The van der Waals surface area contributed by atoms with E-state index in [4.69, 9.17) is 4.74 Å². The highest BCUT2D eigenvalue weighted by molar-refractivity contribution is 5.93. The zero-order valence-electron chi connectivity index (χ0n) is 8.61. The SMILES string of the molecule is COC(=O)CC1=C(C)C(=O)OC1CC=O. The Labute approximate surface area is 87.0 Å². The third kappa shape index (κ3) is 2.43. The quantitative estimate of drug-likeness (QED) is 0.497. The van der Waals surface area contributed by atoms with Crippen LogP contribution in [0.1, 0.15) is 19.8 Å². The molecule has 1 atom stereocenters. The highest BCUT2D eigenvalue weighted by atomic mass is 16.5. The normalized spacial score (nSPS) is 20.1. The molecule has 15 heavy (non-hydrogen) atoms. The molecule has 0 saturated heterocycles. The van der Waals surface area contributed by atoms with Gasteiger partial charge in [0, 0.05) is 12.0 Å². The summed E-state index contributed by atoms with van der Waals surface area (Å²) in [6.07, 6.45) is 0.129. The summed E-state index contributed by atoms with van der Waals surface area (Å²) < 4.78 is 9.41. The van der Waals surface area contributed by atoms with Crippen molar-refractivity contribution < 1.29 is 23.9 Å². The van der Waals surface area contributed by atoms with E-state index in [1.165, 1.54) is 7.11 Å². The zero-order chi connectivity index (χ0) is 11.4. The fourth-order valence-corrected chi connectivity index (χ4v) is 1.41. The molecule has 0 aromatic rings. The van der Waals surface area contributed by atoms with Crippen molar-refractivity contribution in [3.05, 3.63) is 11.1 Å². The van der Waals surface area contributed by atoms with Crippen LogP contribution in [-0.2, 0) is 23.9 Å². The van der Waals surface area contributed by atoms with Gasteiger partial charge in [0.05, 0.1) is 13.5 Å². The Morgan fingerprint density at radius 3 is 2.80 bits per heavy atom. The van der Waals surface area contributed by atoms with Gasteiger partial charge in [-0.25, -0.2) is 4.79 Å². The van der Waals surface area contributed by atoms with Crippen molar-refractivity contribution in [2.24, 2.45) is 0 Å². The molecule has 1 rings (SSSR count). The molecule has 5 heteroatoms. The van der Waals surface area contributed by atoms with Crippen molar-refractivity contribution in [2.45, 2.75) is 25.9 Å². The topological polar surface area (TPSA) is 69.7 Å². The molecular formula is C10H12O5. The van der Waals surface area contributed by atoms with E-state index >= 15 is 0 Å². The van der Waals surface area contributed by atoms with E-state index in [1.807, 2.05) is 0 Å². The predicted molar refractivity (Wildman–Crippen MR) is 49.9 cm³/mol. The van der Waals surface area contributed by atoms with Crippen LogP contribution in [0.5, 0.6) is 0 Å². The number of rotatable bonds is 4. The summed E-state index contributed by atoms with van der Waals surface area (Å²) in [5, 5.41) is 0. The first-order chi connectivity index (χ1) is 7.10. The van der Waals surface area contributed by atoms with Crippen molar-refractivity contribution in [1.29, 1.82) is 0 Å². The lowest BCUT2D eigenvalue weighted by Crippen LogP contribution is -2.15. The lowest BCUT2D eigenvalue weighted by Gasteiger charge is -2.09. The Morgan fingerprint density at radius 2 is 2.27 bits per heavy atom. The number of aldehydes is 1. The van der Waals surface area contributed by atoms with Crippen LogP contribution in [0.3, 0.4) is 0 Å². The van der Waals surface area contributed by atoms with Gasteiger partial charge in [0.2, 0.25) is 0 Å². The van der Waals surface area contributed by atoms with Crippen molar-refractivity contribution in [3.63, 3.8) is 0 Å². The summed E-state index contributed by atoms with van der Waals surface area (Å²) in [6, 6.07) is 0. The second kappa shape index (κ2) is 4.72. The molecular weight excluding hydrogens is 200 g/mol. The molecule has 0 amide bonds. The molecule has 0 fully saturated rings. The first-order valence-corrected chi connectivity index (χ1v) is 4.51. The standard InChI is InChI=1S/C10H12O5/c1-6-7(5-9(12)14-2)8(3-4-11)15-10(6)13/h4,8H,3,5H2,1-2H3. The fourth-order valence-electron chi connectivity index (χ4n) is 1.41. The Hall–Kier alpha value is -1.65. The number of methoxy groups -OCH3 is 1. The molecule has 0 saturated carbocycles. The largest absolute Gasteiger partial charge is 0.469 e. The highest BCUT2D eigenvalue weighted by Crippen LogP contribution is 2.27. The number of carbonyl (C=O) groups is 3. The smallest absolute Gasteiger partial charge is 0.334 e. The van der Waals surface area contributed by atoms with Gasteiger partial charge in [0.1, 0.15) is 12.4 Å². The van der Waals surface area contributed by atoms with Crippen molar-refractivity contribution in [3.8, 4) is 0 Å². The van der Waals surface area contributed by atoms with Gasteiger partial charge in [-0.2, -0.15) is 0 Å². The Kier molecular flexibility index (Phi) is 3.60. The lowest BCUT2D eigenvalue weighted by molar-refractivity contribution is -0.142. The molecule has 82 valence electrons. The molecule has 0 bridgehead atoms. The molecule has 0 N–H and O–H groups in total. The van der Waals surface area contributed by atoms with Gasteiger partial charge in [-0.3, -0.25) is 4.79 Å². The van der Waals surface area contributed by atoms with Crippen LogP contribution in [0.15, 0.2) is 11.1 Å². The molecule has 1 unspecified atom stereocenters. The van der Waals surface area contributed by atoms with Gasteiger partial charge < -0.3 is 14.3 Å². The number of ether oxygens (including phenoxy) is 2. The summed E-state index contributed by atoms with van der Waals surface area (Å²) in [5.74, 6) is -0.917. The van der Waals surface area contributed by atoms with Crippen molar-refractivity contribution in [2.75, 3.05) is 7.11 Å². The van der Waals surface area contributed by atoms with Crippen LogP contribution in [0.4, 0.5) is 0 Å². The number of cyclic esters (lactones) is 1. The Bertz CT molecular complexity index is 329. The van der Waals surface area contributed by atoms with Crippen LogP contribution < -0.4 is 0 Å². The molecule has 0 aromatic heterocycles. The van der Waals surface area contributed by atoms with E-state index < -0.39 is 18.0 Å². The van der Waals surface area contributed by atoms with Crippen LogP contribution in [-0.4, -0.2) is 31.4 Å². The van der Waals surface area contributed by atoms with E-state index in [1.54, 1.807) is 6.92 Å². The van der Waals surface area contributed by atoms with Crippen molar-refractivity contribution in [1.82, 2.24) is 0 Å². The van der Waals surface area contributed by atoms with Gasteiger partial charge in [-0.05, 0) is 12.5 Å². The van der Waals surface area contributed by atoms with E-state index in [0.29, 0.717) is 17.4 Å². The third-order valence-electron chi connectivity index (χ3n) is 2.30. The Balaban J connectivity index is 2.83. The summed E-state index contributed by atoms with van der Waals surface area (Å²) in [5.41, 5.74) is 0.936. The summed E-state index contributed by atoms with van der Waals surface area (Å²) >= 11 is 0. The molecule has 0 spiro atoms. The summed E-state index contributed by atoms with van der Waals surface area (Å²) in [7, 11) is 1.27. The average molecular weight is 212 g/mol. The molecule has 0 aliphatic carbocycles. The molecule has 1 aliphatic rings. The fraction of sp³-hybridized carbons (Fsp3) is 0.500. The predicted octanol–water partition coefficient (Wildman–Crippen LogP) is 0.380. The monoisotopic (exact) mass is 212 g/mol. The number of carbonyl (C=O) groups excluding carboxylic acids is 3. The van der Waals surface area contributed by atoms with Gasteiger partial charge in [-0.15, -0.1) is 0 Å². The van der Waals surface area contributed by atoms with Crippen LogP contribution in [0, 0.1) is 0 Å². The van der Waals surface area contributed by atoms with Gasteiger partial charge >= 0.3 is 11.9 Å². The minimum absolute atomic E-state index is 0.00736. The van der Waals surface area contributed by atoms with Gasteiger partial charge in [0.25, 0.3) is 0 Å². The highest BCUT2D eigenvalue weighted by Gasteiger charge is 2.32. The minimum atomic E-state index is -0.603. The molecule has 0 radical (unpaired) electrons. The second-order valence-electron chi connectivity index (χ2n) is 3.20. The third-order valence-corrected chi connectivity index (χ3v) is 2.30. The van der Waals surface area contributed by atoms with Gasteiger partial charge in [-0.1, -0.05) is 0 Å². The first-order valence-electron chi connectivity index (χ1n) is 4.51. The Morgan fingerprint density at radius 1 is 1.60 bits per heavy atom. The molecule has 5 nitrogen and oxygen atoms in total. The maximum atomic E-state index is 11.2. The molecule has 1 aliphatic heterocycles. The van der Waals surface area contributed by atoms with Crippen LogP contribution in [0.2, 0.25) is 0 Å². The minimum Gasteiger partial charge on any atom is -0.469 e. The first kappa shape index (κ1) is 11.4. The summed E-state index contributed by atoms with van der Waals surface area (Å²) in [6.45, 7) is 1.57. The zero-order valence-corrected chi connectivity index (χ0v) is 8.61. The number of hydrogen-bond donors (Lipinski definition) is 0. The van der Waals surface area contributed by atoms with E-state index in [0.717, 1.165) is 0 Å². The summed E-state index contributed by atoms with van der Waals surface area (Å²) in [4.78, 5) is 32.6. The number of esters is 2. The van der Waals surface area contributed by atoms with E-state index in [9.17, 15) is 14.4 Å². The van der Waals surface area contributed by atoms with Crippen LogP contribution >= 0.6 is 0 Å². The lowest BCUT2D eigenvalue weighted by atomic mass is 10.0. The maximum absolute atomic E-state index is 11.2. The second-order valence-corrected chi connectivity index (χ2v) is 3.20.